The molecule has 1 aliphatic rings. The van der Waals surface area contributed by atoms with Gasteiger partial charge in [-0.15, -0.1) is 0 Å². The molecule has 1 fully saturated rings. The lowest BCUT2D eigenvalue weighted by molar-refractivity contribution is -0.135. The lowest BCUT2D eigenvalue weighted by Gasteiger charge is -2.36. The van der Waals surface area contributed by atoms with Gasteiger partial charge in [-0.1, -0.05) is 53.2 Å². The van der Waals surface area contributed by atoms with Crippen LogP contribution in [0.4, 0.5) is 0 Å². The zero-order valence-electron chi connectivity index (χ0n) is 17.5. The minimum atomic E-state index is -0.446. The summed E-state index contributed by atoms with van der Waals surface area (Å²) in [5.41, 5.74) is 1.85. The van der Waals surface area contributed by atoms with E-state index in [1.54, 1.807) is 0 Å². The Kier molecular flexibility index (Phi) is 7.42. The molecule has 0 radical (unpaired) electrons. The van der Waals surface area contributed by atoms with Gasteiger partial charge < -0.3 is 15.1 Å². The Balaban J connectivity index is 2.02. The average Bonchev–Trinajstić information content (AvgIpc) is 2.66. The fourth-order valence-electron chi connectivity index (χ4n) is 3.41. The molecule has 2 rings (SSSR count). The van der Waals surface area contributed by atoms with Gasteiger partial charge in [0.1, 0.15) is 6.04 Å². The fourth-order valence-corrected chi connectivity index (χ4v) is 3.41. The molecular weight excluding hydrogens is 338 g/mol. The van der Waals surface area contributed by atoms with Crippen molar-refractivity contribution in [3.05, 3.63) is 35.4 Å². The van der Waals surface area contributed by atoms with E-state index in [4.69, 9.17) is 0 Å². The number of piperazine rings is 1. The Bertz CT molecular complexity index is 626. The third kappa shape index (κ3) is 5.80. The second-order valence-electron chi connectivity index (χ2n) is 8.40. The first-order valence-electron chi connectivity index (χ1n) is 10.2. The van der Waals surface area contributed by atoms with Crippen LogP contribution in [0.15, 0.2) is 24.3 Å². The summed E-state index contributed by atoms with van der Waals surface area (Å²) in [7, 11) is 0. The molecule has 0 aromatic heterocycles. The number of rotatable bonds is 6. The molecule has 5 nitrogen and oxygen atoms in total. The zero-order chi connectivity index (χ0) is 20.0. The van der Waals surface area contributed by atoms with Gasteiger partial charge in [-0.2, -0.15) is 0 Å². The molecule has 1 atom stereocenters. The van der Waals surface area contributed by atoms with Crippen LogP contribution in [-0.2, 0) is 10.2 Å². The molecule has 0 saturated carbocycles. The molecular formula is C22H35N3O2. The predicted molar refractivity (Wildman–Crippen MR) is 110 cm³/mol. The van der Waals surface area contributed by atoms with Crippen LogP contribution in [0.2, 0.25) is 0 Å². The molecule has 0 bridgehead atoms. The fraction of sp³-hybridized carbons (Fsp3) is 0.636. The number of hydrogen-bond acceptors (Lipinski definition) is 3. The molecule has 1 unspecified atom stereocenters. The van der Waals surface area contributed by atoms with E-state index in [9.17, 15) is 9.59 Å². The molecule has 1 saturated heterocycles. The second-order valence-corrected chi connectivity index (χ2v) is 8.40. The van der Waals surface area contributed by atoms with E-state index in [0.717, 1.165) is 39.1 Å². The topological polar surface area (TPSA) is 52.7 Å². The van der Waals surface area contributed by atoms with E-state index >= 15 is 0 Å². The molecule has 150 valence electrons. The Morgan fingerprint density at radius 2 is 1.63 bits per heavy atom. The quantitative estimate of drug-likeness (QED) is 0.834. The predicted octanol–water partition coefficient (Wildman–Crippen LogP) is 3.05. The van der Waals surface area contributed by atoms with Crippen LogP contribution in [0.3, 0.4) is 0 Å². The molecule has 5 heteroatoms. The monoisotopic (exact) mass is 373 g/mol. The van der Waals surface area contributed by atoms with Crippen LogP contribution >= 0.6 is 0 Å². The molecule has 0 aliphatic carbocycles. The lowest BCUT2D eigenvalue weighted by Crippen LogP contribution is -2.54. The highest BCUT2D eigenvalue weighted by Crippen LogP contribution is 2.22. The number of amides is 2. The van der Waals surface area contributed by atoms with Gasteiger partial charge in [0.2, 0.25) is 5.91 Å². The van der Waals surface area contributed by atoms with Crippen LogP contribution in [0.25, 0.3) is 0 Å². The number of carbonyl (C=O) groups excluding carboxylic acids is 2. The van der Waals surface area contributed by atoms with Crippen LogP contribution in [0.5, 0.6) is 0 Å². The molecule has 1 heterocycles. The third-order valence-electron chi connectivity index (χ3n) is 5.33. The van der Waals surface area contributed by atoms with E-state index in [2.05, 4.69) is 37.9 Å². The van der Waals surface area contributed by atoms with Gasteiger partial charge in [-0.3, -0.25) is 9.59 Å². The van der Waals surface area contributed by atoms with Gasteiger partial charge in [0.25, 0.3) is 5.91 Å². The van der Waals surface area contributed by atoms with E-state index in [-0.39, 0.29) is 17.2 Å². The highest BCUT2D eigenvalue weighted by molar-refractivity contribution is 5.97. The Morgan fingerprint density at radius 1 is 1.04 bits per heavy atom. The number of hydrogen-bond donors (Lipinski definition) is 1. The Hall–Kier alpha value is -1.88. The normalized spacial score (nSPS) is 16.9. The van der Waals surface area contributed by atoms with Crippen molar-refractivity contribution in [1.29, 1.82) is 0 Å². The summed E-state index contributed by atoms with van der Waals surface area (Å²) >= 11 is 0. The van der Waals surface area contributed by atoms with Crippen LogP contribution < -0.4 is 5.32 Å². The van der Waals surface area contributed by atoms with Crippen LogP contribution in [0.1, 0.15) is 63.4 Å². The Labute approximate surface area is 164 Å². The number of benzene rings is 1. The number of nitrogens with one attached hydrogen (secondary N) is 1. The van der Waals surface area contributed by atoms with Crippen molar-refractivity contribution in [2.24, 2.45) is 0 Å². The summed E-state index contributed by atoms with van der Waals surface area (Å²) in [4.78, 5) is 29.9. The van der Waals surface area contributed by atoms with Crippen molar-refractivity contribution in [2.75, 3.05) is 32.7 Å². The summed E-state index contributed by atoms with van der Waals surface area (Å²) in [6, 6.07) is 7.25. The van der Waals surface area contributed by atoms with Gasteiger partial charge in [-0.05, 0) is 36.1 Å². The maximum Gasteiger partial charge on any atom is 0.251 e. The van der Waals surface area contributed by atoms with Gasteiger partial charge in [-0.25, -0.2) is 0 Å². The second kappa shape index (κ2) is 9.36. The van der Waals surface area contributed by atoms with Crippen molar-refractivity contribution >= 4 is 11.8 Å². The highest BCUT2D eigenvalue weighted by Gasteiger charge is 2.28. The van der Waals surface area contributed by atoms with Gasteiger partial charge in [0.15, 0.2) is 0 Å². The van der Waals surface area contributed by atoms with Crippen molar-refractivity contribution in [3.8, 4) is 0 Å². The summed E-state index contributed by atoms with van der Waals surface area (Å²) in [5.74, 6) is -0.123. The minimum absolute atomic E-state index is 0.0484. The van der Waals surface area contributed by atoms with Crippen LogP contribution in [0, 0.1) is 0 Å². The first kappa shape index (κ1) is 21.4. The molecule has 0 spiro atoms. The SMILES string of the molecule is CCCC(NC(=O)c1ccc(C(C)(C)C)cc1)C(=O)N1CCN(CC)CC1. The summed E-state index contributed by atoms with van der Waals surface area (Å²) in [6.07, 6.45) is 1.52. The van der Waals surface area contributed by atoms with Gasteiger partial charge >= 0.3 is 0 Å². The van der Waals surface area contributed by atoms with Gasteiger partial charge in [0, 0.05) is 31.7 Å². The molecule has 1 aromatic rings. The van der Waals surface area contributed by atoms with Crippen molar-refractivity contribution < 1.29 is 9.59 Å². The maximum absolute atomic E-state index is 12.9. The first-order valence-corrected chi connectivity index (χ1v) is 10.2. The maximum atomic E-state index is 12.9. The zero-order valence-corrected chi connectivity index (χ0v) is 17.5. The number of likely N-dealkylation sites (N-methyl/N-ethyl adjacent to an activating group) is 1. The minimum Gasteiger partial charge on any atom is -0.340 e. The Morgan fingerprint density at radius 3 is 2.11 bits per heavy atom. The summed E-state index contributed by atoms with van der Waals surface area (Å²) in [5, 5.41) is 2.97. The van der Waals surface area contributed by atoms with Crippen molar-refractivity contribution in [2.45, 2.75) is 58.9 Å². The average molecular weight is 374 g/mol. The molecule has 1 aliphatic heterocycles. The van der Waals surface area contributed by atoms with Crippen LogP contribution in [-0.4, -0.2) is 60.4 Å². The molecule has 1 N–H and O–H groups in total. The number of nitrogens with zero attached hydrogens (tertiary/aromatic N) is 2. The third-order valence-corrected chi connectivity index (χ3v) is 5.33. The molecule has 2 amide bonds. The van der Waals surface area contributed by atoms with E-state index in [0.29, 0.717) is 12.0 Å². The first-order chi connectivity index (χ1) is 12.8. The largest absolute Gasteiger partial charge is 0.340 e. The van der Waals surface area contributed by atoms with E-state index in [1.807, 2.05) is 36.1 Å². The van der Waals surface area contributed by atoms with Crippen molar-refractivity contribution in [1.82, 2.24) is 15.1 Å². The summed E-state index contributed by atoms with van der Waals surface area (Å²) < 4.78 is 0. The van der Waals surface area contributed by atoms with Gasteiger partial charge in [0.05, 0.1) is 0 Å². The highest BCUT2D eigenvalue weighted by atomic mass is 16.2. The van der Waals surface area contributed by atoms with E-state index in [1.165, 1.54) is 5.56 Å². The van der Waals surface area contributed by atoms with Crippen molar-refractivity contribution in [3.63, 3.8) is 0 Å². The smallest absolute Gasteiger partial charge is 0.251 e. The van der Waals surface area contributed by atoms with E-state index < -0.39 is 6.04 Å². The number of carbonyl (C=O) groups is 2. The summed E-state index contributed by atoms with van der Waals surface area (Å²) in [6.45, 7) is 14.9. The standard InChI is InChI=1S/C22H35N3O2/c1-6-8-19(21(27)25-15-13-24(7-2)14-16-25)23-20(26)17-9-11-18(12-10-17)22(3,4)5/h9-12,19H,6-8,13-16H2,1-5H3,(H,23,26). The lowest BCUT2D eigenvalue weighted by atomic mass is 9.86. The molecule has 27 heavy (non-hydrogen) atoms. The molecule has 1 aromatic carbocycles.